The van der Waals surface area contributed by atoms with Gasteiger partial charge in [0.1, 0.15) is 5.54 Å². The number of hydrogen-bond donors (Lipinski definition) is 0. The first-order valence-corrected chi connectivity index (χ1v) is 10.6. The van der Waals surface area contributed by atoms with Crippen molar-refractivity contribution < 1.29 is 4.79 Å². The van der Waals surface area contributed by atoms with E-state index in [0.29, 0.717) is 6.54 Å². The van der Waals surface area contributed by atoms with E-state index in [9.17, 15) is 4.79 Å². The standard InChI is InChI=1S/C27H26N2O/c1-20-18-26(2)27(28-20,23-16-10-5-11-17-23)24(22-14-8-4-9-15-22)25(30)29(26)19-21-12-6-3-7-13-21/h3-17,24H,18-19H2,1-2H3/t24-,26-,27-/m0/s1. The minimum absolute atomic E-state index is 0.160. The Balaban J connectivity index is 1.74. The van der Waals surface area contributed by atoms with Gasteiger partial charge in [-0.25, -0.2) is 0 Å². The van der Waals surface area contributed by atoms with Gasteiger partial charge in [0.25, 0.3) is 0 Å². The average molecular weight is 395 g/mol. The lowest BCUT2D eigenvalue weighted by atomic mass is 9.67. The highest BCUT2D eigenvalue weighted by Gasteiger charge is 2.69. The van der Waals surface area contributed by atoms with Crippen molar-refractivity contribution in [1.29, 1.82) is 0 Å². The molecule has 1 amide bonds. The van der Waals surface area contributed by atoms with E-state index in [1.807, 2.05) is 42.5 Å². The second kappa shape index (κ2) is 6.94. The summed E-state index contributed by atoms with van der Waals surface area (Å²) in [4.78, 5) is 21.4. The number of likely N-dealkylation sites (tertiary alicyclic amines) is 1. The molecule has 0 aromatic heterocycles. The summed E-state index contributed by atoms with van der Waals surface area (Å²) in [7, 11) is 0. The van der Waals surface area contributed by atoms with Crippen LogP contribution in [0.2, 0.25) is 0 Å². The van der Waals surface area contributed by atoms with Gasteiger partial charge >= 0.3 is 0 Å². The fourth-order valence-corrected chi connectivity index (χ4v) is 5.63. The Kier molecular flexibility index (Phi) is 4.35. The summed E-state index contributed by atoms with van der Waals surface area (Å²) in [5, 5.41) is 0. The van der Waals surface area contributed by atoms with Gasteiger partial charge in [-0.15, -0.1) is 0 Å². The van der Waals surface area contributed by atoms with Crippen molar-refractivity contribution >= 4 is 11.6 Å². The molecule has 1 saturated heterocycles. The van der Waals surface area contributed by atoms with E-state index in [-0.39, 0.29) is 11.8 Å². The van der Waals surface area contributed by atoms with Crippen LogP contribution in [0.15, 0.2) is 96.0 Å². The molecule has 150 valence electrons. The van der Waals surface area contributed by atoms with Gasteiger partial charge in [0.05, 0.1) is 11.5 Å². The van der Waals surface area contributed by atoms with Crippen LogP contribution in [-0.4, -0.2) is 22.1 Å². The number of carbonyl (C=O) groups is 1. The Morgan fingerprint density at radius 3 is 2.10 bits per heavy atom. The van der Waals surface area contributed by atoms with E-state index < -0.39 is 11.1 Å². The lowest BCUT2D eigenvalue weighted by Crippen LogP contribution is -2.51. The molecular formula is C27H26N2O. The Morgan fingerprint density at radius 1 is 0.900 bits per heavy atom. The minimum atomic E-state index is -0.633. The highest BCUT2D eigenvalue weighted by Crippen LogP contribution is 2.61. The normalized spacial score (nSPS) is 27.8. The Morgan fingerprint density at radius 2 is 1.47 bits per heavy atom. The van der Waals surface area contributed by atoms with Crippen molar-refractivity contribution in [2.75, 3.05) is 0 Å². The predicted octanol–water partition coefficient (Wildman–Crippen LogP) is 5.33. The molecule has 2 aliphatic heterocycles. The second-order valence-electron chi connectivity index (χ2n) is 8.68. The molecule has 0 N–H and O–H groups in total. The van der Waals surface area contributed by atoms with Crippen molar-refractivity contribution in [2.45, 2.75) is 43.8 Å². The maximum atomic E-state index is 14.1. The SMILES string of the molecule is CC1=N[C@@]2(c3ccccc3)[C@@H](c3ccccc3)C(=O)N(Cc3ccccc3)[C@@]2(C)C1. The smallest absolute Gasteiger partial charge is 0.233 e. The van der Waals surface area contributed by atoms with Crippen LogP contribution in [0.5, 0.6) is 0 Å². The molecule has 2 aliphatic rings. The summed E-state index contributed by atoms with van der Waals surface area (Å²) in [5.74, 6) is -0.181. The maximum Gasteiger partial charge on any atom is 0.233 e. The molecule has 3 heteroatoms. The molecule has 0 bridgehead atoms. The Labute approximate surface area is 178 Å². The summed E-state index contributed by atoms with van der Waals surface area (Å²) in [6, 6.07) is 30.9. The molecule has 0 unspecified atom stereocenters. The van der Waals surface area contributed by atoms with E-state index in [4.69, 9.17) is 4.99 Å². The zero-order valence-corrected chi connectivity index (χ0v) is 17.5. The van der Waals surface area contributed by atoms with Crippen molar-refractivity contribution in [3.05, 3.63) is 108 Å². The van der Waals surface area contributed by atoms with Gasteiger partial charge in [0.2, 0.25) is 5.91 Å². The number of nitrogens with zero attached hydrogens (tertiary/aromatic N) is 2. The molecular weight excluding hydrogens is 368 g/mol. The van der Waals surface area contributed by atoms with Gasteiger partial charge in [0.15, 0.2) is 0 Å². The third kappa shape index (κ3) is 2.58. The first kappa shape index (κ1) is 18.8. The van der Waals surface area contributed by atoms with E-state index in [1.54, 1.807) is 0 Å². The number of fused-ring (bicyclic) bond motifs is 1. The van der Waals surface area contributed by atoms with Crippen LogP contribution >= 0.6 is 0 Å². The quantitative estimate of drug-likeness (QED) is 0.588. The first-order chi connectivity index (χ1) is 14.6. The monoisotopic (exact) mass is 394 g/mol. The third-order valence-electron chi connectivity index (χ3n) is 6.85. The van der Waals surface area contributed by atoms with E-state index in [0.717, 1.165) is 28.8 Å². The fraction of sp³-hybridized carbons (Fsp3) is 0.259. The second-order valence-corrected chi connectivity index (χ2v) is 8.68. The van der Waals surface area contributed by atoms with Gasteiger partial charge in [0, 0.05) is 18.7 Å². The maximum absolute atomic E-state index is 14.1. The lowest BCUT2D eigenvalue weighted by molar-refractivity contribution is -0.132. The van der Waals surface area contributed by atoms with Crippen LogP contribution in [-0.2, 0) is 16.9 Å². The first-order valence-electron chi connectivity index (χ1n) is 10.6. The summed E-state index contributed by atoms with van der Waals surface area (Å²) >= 11 is 0. The molecule has 3 aromatic carbocycles. The van der Waals surface area contributed by atoms with Crippen LogP contribution in [0.25, 0.3) is 0 Å². The van der Waals surface area contributed by atoms with Gasteiger partial charge in [-0.1, -0.05) is 91.0 Å². The zero-order chi connectivity index (χ0) is 20.8. The molecule has 3 aromatic rings. The van der Waals surface area contributed by atoms with Gasteiger partial charge in [-0.3, -0.25) is 9.79 Å². The molecule has 2 heterocycles. The molecule has 3 nitrogen and oxygen atoms in total. The van der Waals surface area contributed by atoms with Crippen molar-refractivity contribution in [2.24, 2.45) is 4.99 Å². The summed E-state index contributed by atoms with van der Waals surface area (Å²) in [6.07, 6.45) is 0.782. The zero-order valence-electron chi connectivity index (χ0n) is 17.5. The van der Waals surface area contributed by atoms with Crippen LogP contribution in [0.1, 0.15) is 42.9 Å². The summed E-state index contributed by atoms with van der Waals surface area (Å²) in [6.45, 7) is 4.92. The summed E-state index contributed by atoms with van der Waals surface area (Å²) in [5.41, 5.74) is 3.34. The highest BCUT2D eigenvalue weighted by molar-refractivity contribution is 5.97. The van der Waals surface area contributed by atoms with Crippen molar-refractivity contribution in [1.82, 2.24) is 4.90 Å². The van der Waals surface area contributed by atoms with E-state index >= 15 is 0 Å². The van der Waals surface area contributed by atoms with Gasteiger partial charge < -0.3 is 4.90 Å². The number of amides is 1. The van der Waals surface area contributed by atoms with Crippen LogP contribution < -0.4 is 0 Å². The molecule has 0 aliphatic carbocycles. The molecule has 5 rings (SSSR count). The molecule has 0 radical (unpaired) electrons. The molecule has 1 fully saturated rings. The number of carbonyl (C=O) groups excluding carboxylic acids is 1. The van der Waals surface area contributed by atoms with Crippen molar-refractivity contribution in [3.63, 3.8) is 0 Å². The van der Waals surface area contributed by atoms with Gasteiger partial charge in [-0.05, 0) is 30.5 Å². The highest BCUT2D eigenvalue weighted by atomic mass is 16.2. The molecule has 3 atom stereocenters. The fourth-order valence-electron chi connectivity index (χ4n) is 5.63. The molecule has 0 saturated carbocycles. The third-order valence-corrected chi connectivity index (χ3v) is 6.85. The van der Waals surface area contributed by atoms with Crippen LogP contribution in [0, 0.1) is 0 Å². The van der Waals surface area contributed by atoms with E-state index in [1.165, 1.54) is 0 Å². The van der Waals surface area contributed by atoms with Gasteiger partial charge in [-0.2, -0.15) is 0 Å². The Bertz CT molecular complexity index is 1090. The molecule has 30 heavy (non-hydrogen) atoms. The summed E-state index contributed by atoms with van der Waals surface area (Å²) < 4.78 is 0. The minimum Gasteiger partial charge on any atom is -0.329 e. The molecule has 0 spiro atoms. The topological polar surface area (TPSA) is 32.7 Å². The predicted molar refractivity (Wildman–Crippen MR) is 120 cm³/mol. The average Bonchev–Trinajstić information content (AvgIpc) is 3.14. The van der Waals surface area contributed by atoms with Crippen LogP contribution in [0.3, 0.4) is 0 Å². The number of hydrogen-bond acceptors (Lipinski definition) is 2. The number of aliphatic imine (C=N–C) groups is 1. The van der Waals surface area contributed by atoms with Crippen LogP contribution in [0.4, 0.5) is 0 Å². The van der Waals surface area contributed by atoms with Crippen molar-refractivity contribution in [3.8, 4) is 0 Å². The lowest BCUT2D eigenvalue weighted by Gasteiger charge is -2.42. The number of benzene rings is 3. The largest absolute Gasteiger partial charge is 0.329 e. The number of rotatable bonds is 4. The van der Waals surface area contributed by atoms with E-state index in [2.05, 4.69) is 67.3 Å². The Hall–Kier alpha value is -3.20.